The summed E-state index contributed by atoms with van der Waals surface area (Å²) in [6, 6.07) is 0. The Kier molecular flexibility index (Phi) is 6.08. The fourth-order valence-electron chi connectivity index (χ4n) is 0.258. The monoisotopic (exact) mass is 179 g/mol. The van der Waals surface area contributed by atoms with Gasteiger partial charge in [0.1, 0.15) is 0 Å². The molecule has 51 valence electrons. The summed E-state index contributed by atoms with van der Waals surface area (Å²) < 4.78 is 27.6. The average Bonchev–Trinajstić information content (AvgIpc) is 1.30. The number of hydrogen-bond acceptors (Lipinski definition) is 2. The van der Waals surface area contributed by atoms with Crippen molar-refractivity contribution < 1.29 is 30.0 Å². The normalized spacial score (nSPS) is 10.2. The van der Waals surface area contributed by atoms with Gasteiger partial charge in [0.05, 0.1) is 5.75 Å². The van der Waals surface area contributed by atoms with Crippen molar-refractivity contribution in [1.82, 2.24) is 0 Å². The minimum absolute atomic E-state index is 0. The van der Waals surface area contributed by atoms with E-state index in [1.807, 2.05) is 0 Å². The molecule has 0 rings (SSSR count). The third kappa shape index (κ3) is 9.66. The SMILES string of the molecule is CCCS(=O)(=O)O.[Mn]. The molecule has 0 atom stereocenters. The molecule has 0 amide bonds. The van der Waals surface area contributed by atoms with Crippen LogP contribution >= 0.6 is 0 Å². The van der Waals surface area contributed by atoms with Gasteiger partial charge in [-0.2, -0.15) is 8.42 Å². The van der Waals surface area contributed by atoms with Crippen LogP contribution < -0.4 is 0 Å². The largest absolute Gasteiger partial charge is 0.286 e. The van der Waals surface area contributed by atoms with Crippen LogP contribution in [0.3, 0.4) is 0 Å². The van der Waals surface area contributed by atoms with Crippen molar-refractivity contribution in [3.8, 4) is 0 Å². The van der Waals surface area contributed by atoms with Crippen molar-refractivity contribution in [1.29, 1.82) is 0 Å². The molecular formula is C3H8MnO3S. The van der Waals surface area contributed by atoms with E-state index in [9.17, 15) is 8.42 Å². The van der Waals surface area contributed by atoms with Crippen LogP contribution in [0.15, 0.2) is 0 Å². The maximum absolute atomic E-state index is 9.79. The molecule has 1 radical (unpaired) electrons. The molecule has 1 N–H and O–H groups in total. The molecule has 0 bridgehead atoms. The summed E-state index contributed by atoms with van der Waals surface area (Å²) in [4.78, 5) is 0. The molecule has 0 aromatic carbocycles. The molecule has 0 saturated carbocycles. The second-order valence-corrected chi connectivity index (χ2v) is 2.86. The molecule has 0 saturated heterocycles. The molecule has 0 spiro atoms. The maximum Gasteiger partial charge on any atom is 0.264 e. The zero-order valence-corrected chi connectivity index (χ0v) is 6.46. The first kappa shape index (κ1) is 11.3. The molecule has 0 aliphatic heterocycles. The quantitative estimate of drug-likeness (QED) is 0.489. The molecule has 0 aromatic rings. The standard InChI is InChI=1S/C3H8O3S.Mn/c1-2-3-7(4,5)6;/h2-3H2,1H3,(H,4,5,6);. The molecule has 8 heavy (non-hydrogen) atoms. The minimum Gasteiger partial charge on any atom is -0.286 e. The fraction of sp³-hybridized carbons (Fsp3) is 1.00. The molecule has 0 aliphatic rings. The molecule has 0 unspecified atom stereocenters. The van der Waals surface area contributed by atoms with E-state index in [4.69, 9.17) is 4.55 Å². The van der Waals surface area contributed by atoms with Crippen LogP contribution in [0.4, 0.5) is 0 Å². The van der Waals surface area contributed by atoms with E-state index in [0.717, 1.165) is 0 Å². The van der Waals surface area contributed by atoms with Crippen LogP contribution in [-0.4, -0.2) is 18.7 Å². The van der Waals surface area contributed by atoms with Crippen molar-refractivity contribution in [2.45, 2.75) is 13.3 Å². The van der Waals surface area contributed by atoms with Crippen LogP contribution in [0.25, 0.3) is 0 Å². The predicted octanol–water partition coefficient (Wildman–Crippen LogP) is 0.282. The summed E-state index contributed by atoms with van der Waals surface area (Å²) in [5.74, 6) is -0.132. The maximum atomic E-state index is 9.79. The molecule has 0 aliphatic carbocycles. The van der Waals surface area contributed by atoms with E-state index in [0.29, 0.717) is 6.42 Å². The summed E-state index contributed by atoms with van der Waals surface area (Å²) in [5.41, 5.74) is 0. The van der Waals surface area contributed by atoms with Gasteiger partial charge in [-0.25, -0.2) is 0 Å². The molecule has 5 heteroatoms. The van der Waals surface area contributed by atoms with Gasteiger partial charge in [-0.3, -0.25) is 4.55 Å². The summed E-state index contributed by atoms with van der Waals surface area (Å²) in [6.07, 6.45) is 0.471. The Balaban J connectivity index is 0. The molecule has 0 heterocycles. The zero-order chi connectivity index (χ0) is 5.91. The number of hydrogen-bond donors (Lipinski definition) is 1. The van der Waals surface area contributed by atoms with Gasteiger partial charge in [0.15, 0.2) is 0 Å². The van der Waals surface area contributed by atoms with E-state index in [2.05, 4.69) is 0 Å². The fourth-order valence-corrected chi connectivity index (χ4v) is 0.774. The third-order valence-corrected chi connectivity index (χ3v) is 1.39. The van der Waals surface area contributed by atoms with Crippen LogP contribution in [0, 0.1) is 0 Å². The van der Waals surface area contributed by atoms with Gasteiger partial charge in [-0.15, -0.1) is 0 Å². The van der Waals surface area contributed by atoms with Gasteiger partial charge in [0.25, 0.3) is 10.1 Å². The average molecular weight is 179 g/mol. The summed E-state index contributed by atoms with van der Waals surface area (Å²) in [5, 5.41) is 0. The van der Waals surface area contributed by atoms with E-state index in [-0.39, 0.29) is 22.8 Å². The Morgan fingerprint density at radius 1 is 1.50 bits per heavy atom. The first-order valence-corrected chi connectivity index (χ1v) is 3.62. The van der Waals surface area contributed by atoms with Crippen molar-refractivity contribution >= 4 is 10.1 Å². The molecule has 0 aromatic heterocycles. The second kappa shape index (κ2) is 4.32. The van der Waals surface area contributed by atoms with Gasteiger partial charge in [0.2, 0.25) is 0 Å². The van der Waals surface area contributed by atoms with Crippen LogP contribution in [0.5, 0.6) is 0 Å². The molecule has 3 nitrogen and oxygen atoms in total. The smallest absolute Gasteiger partial charge is 0.264 e. The molecular weight excluding hydrogens is 171 g/mol. The van der Waals surface area contributed by atoms with E-state index in [1.165, 1.54) is 0 Å². The summed E-state index contributed by atoms with van der Waals surface area (Å²) >= 11 is 0. The van der Waals surface area contributed by atoms with Crippen molar-refractivity contribution in [3.05, 3.63) is 0 Å². The second-order valence-electron chi connectivity index (χ2n) is 1.29. The predicted molar refractivity (Wildman–Crippen MR) is 26.7 cm³/mol. The van der Waals surface area contributed by atoms with Crippen molar-refractivity contribution in [2.75, 3.05) is 5.75 Å². The Labute approximate surface area is 59.7 Å². The zero-order valence-electron chi connectivity index (χ0n) is 4.46. The Morgan fingerprint density at radius 2 is 1.88 bits per heavy atom. The van der Waals surface area contributed by atoms with Crippen LogP contribution in [0.1, 0.15) is 13.3 Å². The Bertz CT molecular complexity index is 127. The third-order valence-electron chi connectivity index (χ3n) is 0.462. The van der Waals surface area contributed by atoms with E-state index >= 15 is 0 Å². The van der Waals surface area contributed by atoms with Crippen LogP contribution in [-0.2, 0) is 27.2 Å². The van der Waals surface area contributed by atoms with Crippen molar-refractivity contribution in [3.63, 3.8) is 0 Å². The van der Waals surface area contributed by atoms with Crippen LogP contribution in [0.2, 0.25) is 0 Å². The van der Waals surface area contributed by atoms with Gasteiger partial charge in [0, 0.05) is 17.1 Å². The first-order valence-electron chi connectivity index (χ1n) is 2.01. The van der Waals surface area contributed by atoms with E-state index < -0.39 is 10.1 Å². The molecule has 0 fully saturated rings. The van der Waals surface area contributed by atoms with Gasteiger partial charge < -0.3 is 0 Å². The Hall–Kier alpha value is 0.429. The first-order chi connectivity index (χ1) is 3.06. The van der Waals surface area contributed by atoms with E-state index in [1.54, 1.807) is 6.92 Å². The minimum atomic E-state index is -3.67. The van der Waals surface area contributed by atoms with Gasteiger partial charge >= 0.3 is 0 Å². The Morgan fingerprint density at radius 3 is 1.88 bits per heavy atom. The summed E-state index contributed by atoms with van der Waals surface area (Å²) in [6.45, 7) is 1.69. The van der Waals surface area contributed by atoms with Gasteiger partial charge in [-0.05, 0) is 6.42 Å². The van der Waals surface area contributed by atoms with Gasteiger partial charge in [-0.1, -0.05) is 6.92 Å². The van der Waals surface area contributed by atoms with Crippen molar-refractivity contribution in [2.24, 2.45) is 0 Å². The summed E-state index contributed by atoms with van der Waals surface area (Å²) in [7, 11) is -3.67. The number of rotatable bonds is 2. The topological polar surface area (TPSA) is 54.4 Å².